The fourth-order valence-corrected chi connectivity index (χ4v) is 3.66. The minimum atomic E-state index is -4.51. The third-order valence-electron chi connectivity index (χ3n) is 4.74. The van der Waals surface area contributed by atoms with E-state index in [0.29, 0.717) is 17.7 Å². The summed E-state index contributed by atoms with van der Waals surface area (Å²) in [6.45, 7) is 3.88. The molecule has 4 nitrogen and oxygen atoms in total. The molecule has 3 rings (SSSR count). The second-order valence-electron chi connectivity index (χ2n) is 7.45. The molecule has 1 aliphatic heterocycles. The molecule has 1 aromatic carbocycles. The van der Waals surface area contributed by atoms with E-state index < -0.39 is 17.7 Å². The summed E-state index contributed by atoms with van der Waals surface area (Å²) in [5.74, 6) is -0.979. The van der Waals surface area contributed by atoms with Gasteiger partial charge in [-0.1, -0.05) is 32.0 Å². The number of nitrogens with two attached hydrogens (primary N) is 1. The number of allylic oxidation sites excluding steroid dienone is 3. The first kappa shape index (κ1) is 18.1. The van der Waals surface area contributed by atoms with Crippen LogP contribution >= 0.6 is 0 Å². The van der Waals surface area contributed by atoms with Crippen molar-refractivity contribution in [2.24, 2.45) is 11.1 Å². The number of alkyl halides is 3. The summed E-state index contributed by atoms with van der Waals surface area (Å²) in [7, 11) is 0. The highest BCUT2D eigenvalue weighted by molar-refractivity contribution is 6.00. The third kappa shape index (κ3) is 3.07. The van der Waals surface area contributed by atoms with Gasteiger partial charge in [0.05, 0.1) is 23.1 Å². The number of hydrogen-bond donors (Lipinski definition) is 2. The van der Waals surface area contributed by atoms with Gasteiger partial charge in [-0.05, 0) is 23.5 Å². The van der Waals surface area contributed by atoms with E-state index in [1.165, 1.54) is 12.1 Å². The molecule has 3 N–H and O–H groups in total. The van der Waals surface area contributed by atoms with Gasteiger partial charge in [0.25, 0.3) is 0 Å². The third-order valence-corrected chi connectivity index (χ3v) is 4.74. The van der Waals surface area contributed by atoms with Crippen LogP contribution in [0.25, 0.3) is 0 Å². The molecule has 1 atom stereocenters. The Balaban J connectivity index is 2.19. The molecule has 0 fully saturated rings. The van der Waals surface area contributed by atoms with E-state index in [9.17, 15) is 23.2 Å². The highest BCUT2D eigenvalue weighted by Crippen LogP contribution is 2.46. The van der Waals surface area contributed by atoms with Crippen molar-refractivity contribution in [2.45, 2.75) is 38.8 Å². The molecule has 2 aliphatic rings. The number of halogens is 3. The highest BCUT2D eigenvalue weighted by Gasteiger charge is 2.42. The summed E-state index contributed by atoms with van der Waals surface area (Å²) in [6.07, 6.45) is -3.72. The molecule has 0 spiro atoms. The standard InChI is InChI=1S/C19H18F3N3O/c1-18(2)7-13-16(14(26)8-18)15(12(9-23)17(24)25-13)10-4-3-5-11(6-10)19(20,21)22/h3-6,15,25H,7-8,24H2,1-2H3/t15-/m1/s1. The molecule has 0 radical (unpaired) electrons. The first-order valence-electron chi connectivity index (χ1n) is 8.13. The summed E-state index contributed by atoms with van der Waals surface area (Å²) >= 11 is 0. The van der Waals surface area contributed by atoms with Crippen molar-refractivity contribution in [3.63, 3.8) is 0 Å². The molecule has 1 aliphatic carbocycles. The van der Waals surface area contributed by atoms with Gasteiger partial charge in [-0.2, -0.15) is 18.4 Å². The number of dihydropyridines is 1. The number of rotatable bonds is 1. The normalized spacial score (nSPS) is 22.6. The summed E-state index contributed by atoms with van der Waals surface area (Å²) in [4.78, 5) is 12.8. The fourth-order valence-electron chi connectivity index (χ4n) is 3.66. The van der Waals surface area contributed by atoms with Gasteiger partial charge in [0.1, 0.15) is 5.82 Å². The maximum Gasteiger partial charge on any atom is 0.416 e. The number of hydrogen-bond acceptors (Lipinski definition) is 4. The largest absolute Gasteiger partial charge is 0.416 e. The summed E-state index contributed by atoms with van der Waals surface area (Å²) in [5.41, 5.74) is 6.08. The number of carbonyl (C=O) groups excluding carboxylic acids is 1. The molecule has 26 heavy (non-hydrogen) atoms. The molecule has 0 unspecified atom stereocenters. The zero-order chi connectivity index (χ0) is 19.3. The topological polar surface area (TPSA) is 78.9 Å². The number of nitrogens with zero attached hydrogens (tertiary/aromatic N) is 1. The van der Waals surface area contributed by atoms with E-state index in [0.717, 1.165) is 12.1 Å². The Morgan fingerprint density at radius 3 is 2.62 bits per heavy atom. The Bertz CT molecular complexity index is 888. The smallest absolute Gasteiger partial charge is 0.384 e. The maximum absolute atomic E-state index is 13.1. The lowest BCUT2D eigenvalue weighted by molar-refractivity contribution is -0.137. The van der Waals surface area contributed by atoms with Gasteiger partial charge >= 0.3 is 6.18 Å². The average Bonchev–Trinajstić information content (AvgIpc) is 2.51. The summed E-state index contributed by atoms with van der Waals surface area (Å²) in [5, 5.41) is 12.4. The average molecular weight is 361 g/mol. The number of carbonyl (C=O) groups is 1. The maximum atomic E-state index is 13.1. The number of benzene rings is 1. The monoisotopic (exact) mass is 361 g/mol. The minimum Gasteiger partial charge on any atom is -0.384 e. The number of nitriles is 1. The Hall–Kier alpha value is -2.75. The van der Waals surface area contributed by atoms with Crippen LogP contribution in [0.3, 0.4) is 0 Å². The minimum absolute atomic E-state index is 0.0659. The molecule has 7 heteroatoms. The van der Waals surface area contributed by atoms with Gasteiger partial charge < -0.3 is 11.1 Å². The number of ketones is 1. The van der Waals surface area contributed by atoms with Crippen LogP contribution in [0.15, 0.2) is 46.9 Å². The van der Waals surface area contributed by atoms with Crippen molar-refractivity contribution in [2.75, 3.05) is 0 Å². The lowest BCUT2D eigenvalue weighted by Crippen LogP contribution is -2.39. The predicted molar refractivity (Wildman–Crippen MR) is 89.2 cm³/mol. The SMILES string of the molecule is CC1(C)CC(=O)C2=C(C1)NC(N)=C(C#N)[C@H]2c1cccc(C(F)(F)F)c1. The predicted octanol–water partition coefficient (Wildman–Crippen LogP) is 3.73. The van der Waals surface area contributed by atoms with Gasteiger partial charge in [-0.3, -0.25) is 4.79 Å². The molecular formula is C19H18F3N3O. The fraction of sp³-hybridized carbons (Fsp3) is 0.368. The summed E-state index contributed by atoms with van der Waals surface area (Å²) in [6, 6.07) is 6.68. The highest BCUT2D eigenvalue weighted by atomic mass is 19.4. The molecule has 0 saturated carbocycles. The Kier molecular flexibility index (Phi) is 4.10. The number of Topliss-reactive ketones (excluding diaryl/α,β-unsaturated/α-hetero) is 1. The molecular weight excluding hydrogens is 343 g/mol. The number of nitrogens with one attached hydrogen (secondary N) is 1. The molecule has 0 bridgehead atoms. The van der Waals surface area contributed by atoms with E-state index in [2.05, 4.69) is 5.32 Å². The first-order valence-corrected chi connectivity index (χ1v) is 8.13. The van der Waals surface area contributed by atoms with Crippen LogP contribution < -0.4 is 11.1 Å². The van der Waals surface area contributed by atoms with Crippen molar-refractivity contribution in [3.8, 4) is 6.07 Å². The van der Waals surface area contributed by atoms with Crippen LogP contribution in [0.1, 0.15) is 43.7 Å². The quantitative estimate of drug-likeness (QED) is 0.799. The van der Waals surface area contributed by atoms with Gasteiger partial charge in [0, 0.05) is 17.7 Å². The Labute approximate surface area is 149 Å². The summed E-state index contributed by atoms with van der Waals surface area (Å²) < 4.78 is 39.3. The van der Waals surface area contributed by atoms with Crippen LogP contribution in [-0.4, -0.2) is 5.78 Å². The van der Waals surface area contributed by atoms with Crippen molar-refractivity contribution < 1.29 is 18.0 Å². The molecule has 1 aromatic rings. The van der Waals surface area contributed by atoms with Crippen LogP contribution in [0.2, 0.25) is 0 Å². The first-order chi connectivity index (χ1) is 12.0. The van der Waals surface area contributed by atoms with E-state index >= 15 is 0 Å². The van der Waals surface area contributed by atoms with E-state index in [4.69, 9.17) is 5.73 Å². The van der Waals surface area contributed by atoms with Crippen molar-refractivity contribution in [1.82, 2.24) is 5.32 Å². The zero-order valence-corrected chi connectivity index (χ0v) is 14.4. The van der Waals surface area contributed by atoms with Crippen LogP contribution in [-0.2, 0) is 11.0 Å². The second kappa shape index (κ2) is 5.90. The van der Waals surface area contributed by atoms with Crippen LogP contribution in [0, 0.1) is 16.7 Å². The second-order valence-corrected chi connectivity index (χ2v) is 7.45. The lowest BCUT2D eigenvalue weighted by atomic mass is 9.69. The molecule has 0 saturated heterocycles. The van der Waals surface area contributed by atoms with E-state index in [1.54, 1.807) is 0 Å². The molecule has 0 aromatic heterocycles. The zero-order valence-electron chi connectivity index (χ0n) is 14.4. The van der Waals surface area contributed by atoms with Gasteiger partial charge in [0.2, 0.25) is 0 Å². The molecule has 136 valence electrons. The van der Waals surface area contributed by atoms with Crippen LogP contribution in [0.4, 0.5) is 13.2 Å². The lowest BCUT2D eigenvalue weighted by Gasteiger charge is -2.38. The Morgan fingerprint density at radius 1 is 1.31 bits per heavy atom. The van der Waals surface area contributed by atoms with Crippen molar-refractivity contribution >= 4 is 5.78 Å². The van der Waals surface area contributed by atoms with Gasteiger partial charge in [0.15, 0.2) is 5.78 Å². The van der Waals surface area contributed by atoms with Gasteiger partial charge in [-0.25, -0.2) is 0 Å². The van der Waals surface area contributed by atoms with E-state index in [1.807, 2.05) is 19.9 Å². The van der Waals surface area contributed by atoms with Crippen molar-refractivity contribution in [3.05, 3.63) is 58.1 Å². The van der Waals surface area contributed by atoms with E-state index in [-0.39, 0.29) is 34.6 Å². The van der Waals surface area contributed by atoms with Crippen LogP contribution in [0.5, 0.6) is 0 Å². The van der Waals surface area contributed by atoms with Crippen molar-refractivity contribution in [1.29, 1.82) is 5.26 Å². The molecule has 0 amide bonds. The van der Waals surface area contributed by atoms with Gasteiger partial charge in [-0.15, -0.1) is 0 Å². The molecule has 1 heterocycles. The Morgan fingerprint density at radius 2 is 2.00 bits per heavy atom.